The SMILES string of the molecule is Cc1cc(C)c2c(n1)sc1c(=O)n(CC(=O)Nc3ccc4c(c3)OCCCO4)cnc12. The lowest BCUT2D eigenvalue weighted by Gasteiger charge is -2.11. The second kappa shape index (κ2) is 7.66. The van der Waals surface area contributed by atoms with Crippen molar-refractivity contribution >= 4 is 43.4 Å². The van der Waals surface area contributed by atoms with Crippen molar-refractivity contribution in [3.63, 3.8) is 0 Å². The summed E-state index contributed by atoms with van der Waals surface area (Å²) >= 11 is 1.31. The van der Waals surface area contributed by atoms with Gasteiger partial charge in [-0.25, -0.2) is 9.97 Å². The molecule has 9 heteroatoms. The van der Waals surface area contributed by atoms with Crippen molar-refractivity contribution in [1.29, 1.82) is 0 Å². The number of anilines is 1. The van der Waals surface area contributed by atoms with E-state index in [2.05, 4.69) is 15.3 Å². The quantitative estimate of drug-likeness (QED) is 0.529. The third-order valence-electron chi connectivity index (χ3n) is 5.09. The van der Waals surface area contributed by atoms with Gasteiger partial charge in [0.1, 0.15) is 16.1 Å². The Labute approximate surface area is 181 Å². The molecule has 31 heavy (non-hydrogen) atoms. The molecule has 0 atom stereocenters. The molecule has 158 valence electrons. The number of carbonyl (C=O) groups is 1. The Morgan fingerprint density at radius 1 is 1.19 bits per heavy atom. The van der Waals surface area contributed by atoms with Gasteiger partial charge in [-0.3, -0.25) is 14.2 Å². The molecule has 0 fully saturated rings. The average Bonchev–Trinajstić information content (AvgIpc) is 2.94. The normalized spacial score (nSPS) is 13.4. The van der Waals surface area contributed by atoms with Crippen LogP contribution >= 0.6 is 11.3 Å². The summed E-state index contributed by atoms with van der Waals surface area (Å²) in [7, 11) is 0. The highest BCUT2D eigenvalue weighted by molar-refractivity contribution is 7.25. The van der Waals surface area contributed by atoms with E-state index in [-0.39, 0.29) is 18.0 Å². The first-order chi connectivity index (χ1) is 15.0. The Balaban J connectivity index is 1.41. The molecule has 1 aliphatic rings. The maximum Gasteiger partial charge on any atom is 0.271 e. The van der Waals surface area contributed by atoms with Gasteiger partial charge >= 0.3 is 0 Å². The highest BCUT2D eigenvalue weighted by Gasteiger charge is 2.17. The molecule has 1 amide bonds. The standard InChI is InChI=1S/C22H20N4O4S/c1-12-8-13(2)24-21-18(12)19-20(31-21)22(28)26(11-23-19)10-17(27)25-14-4-5-15-16(9-14)30-7-3-6-29-15/h4-5,8-9,11H,3,6-7,10H2,1-2H3,(H,25,27). The average molecular weight is 436 g/mol. The van der Waals surface area contributed by atoms with Crippen LogP contribution in [0.15, 0.2) is 35.4 Å². The van der Waals surface area contributed by atoms with Crippen LogP contribution in [0, 0.1) is 13.8 Å². The third-order valence-corrected chi connectivity index (χ3v) is 6.15. The largest absolute Gasteiger partial charge is 0.490 e. The number of nitrogens with zero attached hydrogens (tertiary/aromatic N) is 3. The van der Waals surface area contributed by atoms with Gasteiger partial charge in [0.2, 0.25) is 5.91 Å². The van der Waals surface area contributed by atoms with Crippen LogP contribution in [0.5, 0.6) is 11.5 Å². The Morgan fingerprint density at radius 2 is 2.00 bits per heavy atom. The first-order valence-corrected chi connectivity index (χ1v) is 10.8. The van der Waals surface area contributed by atoms with E-state index < -0.39 is 0 Å². The number of nitrogens with one attached hydrogen (secondary N) is 1. The number of amides is 1. The minimum atomic E-state index is -0.330. The fourth-order valence-corrected chi connectivity index (χ4v) is 4.91. The molecule has 8 nitrogen and oxygen atoms in total. The molecule has 0 bridgehead atoms. The predicted molar refractivity (Wildman–Crippen MR) is 119 cm³/mol. The van der Waals surface area contributed by atoms with Crippen LogP contribution in [0.3, 0.4) is 0 Å². The summed E-state index contributed by atoms with van der Waals surface area (Å²) in [6.07, 6.45) is 2.23. The molecule has 0 saturated carbocycles. The molecule has 0 aliphatic carbocycles. The van der Waals surface area contributed by atoms with Crippen LogP contribution in [-0.2, 0) is 11.3 Å². The summed E-state index contributed by atoms with van der Waals surface area (Å²) < 4.78 is 13.1. The lowest BCUT2D eigenvalue weighted by atomic mass is 10.1. The fourth-order valence-electron chi connectivity index (χ4n) is 3.71. The van der Waals surface area contributed by atoms with Crippen LogP contribution in [0.25, 0.3) is 20.4 Å². The summed E-state index contributed by atoms with van der Waals surface area (Å²) in [6.45, 7) is 4.93. The summed E-state index contributed by atoms with van der Waals surface area (Å²) in [5, 5.41) is 3.70. The van der Waals surface area contributed by atoms with E-state index in [9.17, 15) is 9.59 Å². The minimum absolute atomic E-state index is 0.143. The van der Waals surface area contributed by atoms with Crippen molar-refractivity contribution in [3.8, 4) is 11.5 Å². The Bertz CT molecular complexity index is 1390. The first kappa shape index (κ1) is 19.5. The van der Waals surface area contributed by atoms with Crippen molar-refractivity contribution in [1.82, 2.24) is 14.5 Å². The molecular weight excluding hydrogens is 416 g/mol. The zero-order valence-electron chi connectivity index (χ0n) is 17.1. The summed E-state index contributed by atoms with van der Waals surface area (Å²) in [6, 6.07) is 7.22. The van der Waals surface area contributed by atoms with E-state index in [1.165, 1.54) is 22.2 Å². The molecular formula is C22H20N4O4S. The number of thiophene rings is 1. The van der Waals surface area contributed by atoms with Crippen LogP contribution in [0.2, 0.25) is 0 Å². The van der Waals surface area contributed by atoms with Crippen LogP contribution in [0.4, 0.5) is 5.69 Å². The molecule has 5 rings (SSSR count). The van der Waals surface area contributed by atoms with Gasteiger partial charge in [-0.2, -0.15) is 0 Å². The lowest BCUT2D eigenvalue weighted by molar-refractivity contribution is -0.116. The second-order valence-electron chi connectivity index (χ2n) is 7.48. The van der Waals surface area contributed by atoms with Crippen molar-refractivity contribution in [3.05, 3.63) is 52.2 Å². The molecule has 1 N–H and O–H groups in total. The molecule has 3 aromatic heterocycles. The summed E-state index contributed by atoms with van der Waals surface area (Å²) in [4.78, 5) is 35.4. The van der Waals surface area contributed by atoms with E-state index in [1.807, 2.05) is 19.9 Å². The number of aryl methyl sites for hydroxylation is 2. The molecule has 1 aliphatic heterocycles. The van der Waals surface area contributed by atoms with Gasteiger partial charge < -0.3 is 14.8 Å². The number of pyridine rings is 1. The second-order valence-corrected chi connectivity index (χ2v) is 8.48. The zero-order valence-corrected chi connectivity index (χ0v) is 17.9. The summed E-state index contributed by atoms with van der Waals surface area (Å²) in [5.41, 5.74) is 2.89. The molecule has 0 radical (unpaired) electrons. The van der Waals surface area contributed by atoms with Gasteiger partial charge in [0.15, 0.2) is 11.5 Å². The van der Waals surface area contributed by atoms with Crippen LogP contribution in [0.1, 0.15) is 17.7 Å². The molecule has 0 saturated heterocycles. The molecule has 4 heterocycles. The molecule has 1 aromatic carbocycles. The van der Waals surface area contributed by atoms with Crippen molar-refractivity contribution in [2.24, 2.45) is 0 Å². The maximum atomic E-state index is 13.0. The van der Waals surface area contributed by atoms with E-state index in [4.69, 9.17) is 9.47 Å². The first-order valence-electron chi connectivity index (χ1n) is 9.95. The Morgan fingerprint density at radius 3 is 2.84 bits per heavy atom. The summed E-state index contributed by atoms with van der Waals surface area (Å²) in [5.74, 6) is 0.924. The maximum absolute atomic E-state index is 13.0. The van der Waals surface area contributed by atoms with Crippen molar-refractivity contribution < 1.29 is 14.3 Å². The topological polar surface area (TPSA) is 95.3 Å². The van der Waals surface area contributed by atoms with Crippen LogP contribution in [-0.4, -0.2) is 33.7 Å². The smallest absolute Gasteiger partial charge is 0.271 e. The number of fused-ring (bicyclic) bond motifs is 4. The molecule has 0 spiro atoms. The fraction of sp³-hybridized carbons (Fsp3) is 0.273. The van der Waals surface area contributed by atoms with Gasteiger partial charge in [-0.1, -0.05) is 0 Å². The zero-order chi connectivity index (χ0) is 21.5. The molecule has 0 unspecified atom stereocenters. The third kappa shape index (κ3) is 3.61. The van der Waals surface area contributed by atoms with Gasteiger partial charge in [0, 0.05) is 29.3 Å². The van der Waals surface area contributed by atoms with Crippen LogP contribution < -0.4 is 20.3 Å². The number of hydrogen-bond acceptors (Lipinski definition) is 7. The van der Waals surface area contributed by atoms with E-state index in [1.54, 1.807) is 18.2 Å². The number of aromatic nitrogens is 3. The van der Waals surface area contributed by atoms with Crippen molar-refractivity contribution in [2.75, 3.05) is 18.5 Å². The minimum Gasteiger partial charge on any atom is -0.490 e. The van der Waals surface area contributed by atoms with Gasteiger partial charge in [0.05, 0.1) is 25.1 Å². The van der Waals surface area contributed by atoms with Gasteiger partial charge in [0.25, 0.3) is 5.56 Å². The lowest BCUT2D eigenvalue weighted by Crippen LogP contribution is -2.27. The number of rotatable bonds is 3. The van der Waals surface area contributed by atoms with Crippen molar-refractivity contribution in [2.45, 2.75) is 26.8 Å². The number of benzene rings is 1. The highest BCUT2D eigenvalue weighted by atomic mass is 32.1. The molecule has 4 aromatic rings. The van der Waals surface area contributed by atoms with E-state index >= 15 is 0 Å². The number of ether oxygens (including phenoxy) is 2. The van der Waals surface area contributed by atoms with Gasteiger partial charge in [-0.05, 0) is 37.6 Å². The number of carbonyl (C=O) groups excluding carboxylic acids is 1. The Hall–Kier alpha value is -3.46. The highest BCUT2D eigenvalue weighted by Crippen LogP contribution is 2.33. The monoisotopic (exact) mass is 436 g/mol. The number of hydrogen-bond donors (Lipinski definition) is 1. The predicted octanol–water partition coefficient (Wildman–Crippen LogP) is 3.42. The van der Waals surface area contributed by atoms with Gasteiger partial charge in [-0.15, -0.1) is 11.3 Å². The Kier molecular flexibility index (Phi) is 4.82. The van der Waals surface area contributed by atoms with E-state index in [0.717, 1.165) is 27.9 Å². The van der Waals surface area contributed by atoms with E-state index in [0.29, 0.717) is 40.6 Å².